The van der Waals surface area contributed by atoms with Crippen LogP contribution in [0.25, 0.3) is 0 Å². The Bertz CT molecular complexity index is 755. The summed E-state index contributed by atoms with van der Waals surface area (Å²) in [5.41, 5.74) is 9.58. The molecule has 4 N–H and O–H groups in total. The summed E-state index contributed by atoms with van der Waals surface area (Å²) in [4.78, 5) is 23.7. The van der Waals surface area contributed by atoms with Gasteiger partial charge in [-0.1, -0.05) is 12.1 Å². The van der Waals surface area contributed by atoms with E-state index < -0.39 is 11.9 Å². The Morgan fingerprint density at radius 3 is 2.29 bits per heavy atom. The minimum Gasteiger partial charge on any atom is -0.473 e. The average molecular weight is 327 g/mol. The maximum absolute atomic E-state index is 11.9. The number of benzene rings is 2. The van der Waals surface area contributed by atoms with E-state index in [1.807, 2.05) is 32.9 Å². The third kappa shape index (κ3) is 4.25. The lowest BCUT2D eigenvalue weighted by Crippen LogP contribution is -2.41. The fraction of sp³-hybridized carbons (Fsp3) is 0.222. The molecule has 6 heteroatoms. The second-order valence-electron chi connectivity index (χ2n) is 5.52. The van der Waals surface area contributed by atoms with Crippen LogP contribution in [-0.4, -0.2) is 18.7 Å². The molecule has 126 valence electrons. The first-order valence-corrected chi connectivity index (χ1v) is 7.53. The number of nitrogen functional groups attached to an aromatic ring is 1. The summed E-state index contributed by atoms with van der Waals surface area (Å²) in [5.74, 6) is 0.232. The van der Waals surface area contributed by atoms with Gasteiger partial charge in [-0.05, 0) is 61.7 Å². The minimum atomic E-state index is -0.625. The van der Waals surface area contributed by atoms with Crippen LogP contribution < -0.4 is 21.1 Å². The van der Waals surface area contributed by atoms with Crippen LogP contribution in [0.3, 0.4) is 0 Å². The molecule has 6 nitrogen and oxygen atoms in total. The maximum Gasteiger partial charge on any atom is 0.324 e. The van der Waals surface area contributed by atoms with Crippen molar-refractivity contribution in [3.8, 4) is 5.75 Å². The Kier molecular flexibility index (Phi) is 5.42. The van der Waals surface area contributed by atoms with Gasteiger partial charge in [0.15, 0.2) is 6.73 Å². The van der Waals surface area contributed by atoms with Gasteiger partial charge in [-0.3, -0.25) is 10.1 Å². The van der Waals surface area contributed by atoms with Crippen LogP contribution in [-0.2, 0) is 0 Å². The highest BCUT2D eigenvalue weighted by atomic mass is 16.5. The monoisotopic (exact) mass is 327 g/mol. The predicted molar refractivity (Wildman–Crippen MR) is 93.0 cm³/mol. The van der Waals surface area contributed by atoms with Gasteiger partial charge in [0.2, 0.25) is 0 Å². The Morgan fingerprint density at radius 2 is 1.62 bits per heavy atom. The lowest BCUT2D eigenvalue weighted by molar-refractivity contribution is 0.0962. The number of amides is 3. The van der Waals surface area contributed by atoms with Gasteiger partial charge in [-0.2, -0.15) is 0 Å². The van der Waals surface area contributed by atoms with Crippen LogP contribution in [0.2, 0.25) is 0 Å². The van der Waals surface area contributed by atoms with Gasteiger partial charge in [0.1, 0.15) is 5.75 Å². The van der Waals surface area contributed by atoms with Gasteiger partial charge in [-0.15, -0.1) is 0 Å². The van der Waals surface area contributed by atoms with Gasteiger partial charge >= 0.3 is 6.03 Å². The van der Waals surface area contributed by atoms with E-state index in [1.165, 1.54) is 0 Å². The fourth-order valence-corrected chi connectivity index (χ4v) is 2.18. The van der Waals surface area contributed by atoms with Crippen molar-refractivity contribution in [2.45, 2.75) is 20.8 Å². The van der Waals surface area contributed by atoms with E-state index in [0.29, 0.717) is 11.3 Å². The number of imide groups is 1. The molecule has 2 aromatic carbocycles. The van der Waals surface area contributed by atoms with Crippen molar-refractivity contribution in [1.29, 1.82) is 0 Å². The highest BCUT2D eigenvalue weighted by molar-refractivity contribution is 6.04. The van der Waals surface area contributed by atoms with Crippen molar-refractivity contribution in [2.75, 3.05) is 12.5 Å². The van der Waals surface area contributed by atoms with Crippen molar-refractivity contribution in [3.05, 3.63) is 58.7 Å². The van der Waals surface area contributed by atoms with E-state index in [2.05, 4.69) is 10.6 Å². The molecule has 24 heavy (non-hydrogen) atoms. The zero-order valence-corrected chi connectivity index (χ0v) is 14.0. The number of nitrogens with two attached hydrogens (primary N) is 1. The standard InChI is InChI=1S/C18H21N3O3/c1-11-4-5-12(2)16(13(11)3)24-10-20-18(23)21-17(22)14-6-8-15(19)9-7-14/h4-9H,10,19H2,1-3H3,(H2,20,21,22,23). The summed E-state index contributed by atoms with van der Waals surface area (Å²) < 4.78 is 5.62. The van der Waals surface area contributed by atoms with Gasteiger partial charge in [-0.25, -0.2) is 4.79 Å². The van der Waals surface area contributed by atoms with Crippen molar-refractivity contribution in [1.82, 2.24) is 10.6 Å². The molecular formula is C18H21N3O3. The minimum absolute atomic E-state index is 0.0357. The largest absolute Gasteiger partial charge is 0.473 e. The third-order valence-corrected chi connectivity index (χ3v) is 3.72. The van der Waals surface area contributed by atoms with Crippen molar-refractivity contribution < 1.29 is 14.3 Å². The molecule has 2 rings (SSSR count). The van der Waals surface area contributed by atoms with E-state index >= 15 is 0 Å². The zero-order valence-electron chi connectivity index (χ0n) is 14.0. The molecule has 0 saturated heterocycles. The topological polar surface area (TPSA) is 93.5 Å². The quantitative estimate of drug-likeness (QED) is 0.594. The number of carbonyl (C=O) groups is 2. The molecule has 0 saturated carbocycles. The van der Waals surface area contributed by atoms with E-state index in [4.69, 9.17) is 10.5 Å². The number of aryl methyl sites for hydroxylation is 2. The Balaban J connectivity index is 1.87. The van der Waals surface area contributed by atoms with Crippen LogP contribution in [0.1, 0.15) is 27.0 Å². The Labute approximate surface area is 141 Å². The normalized spacial score (nSPS) is 10.1. The second kappa shape index (κ2) is 7.50. The molecule has 0 fully saturated rings. The molecule has 0 unspecified atom stereocenters. The van der Waals surface area contributed by atoms with E-state index in [-0.39, 0.29) is 6.73 Å². The fourth-order valence-electron chi connectivity index (χ4n) is 2.18. The molecule has 0 atom stereocenters. The molecule has 0 aliphatic carbocycles. The second-order valence-corrected chi connectivity index (χ2v) is 5.52. The molecule has 0 bridgehead atoms. The summed E-state index contributed by atoms with van der Waals surface area (Å²) >= 11 is 0. The Morgan fingerprint density at radius 1 is 1.00 bits per heavy atom. The predicted octanol–water partition coefficient (Wildman–Crippen LogP) is 2.67. The molecular weight excluding hydrogens is 306 g/mol. The van der Waals surface area contributed by atoms with Crippen LogP contribution in [0, 0.1) is 20.8 Å². The van der Waals surface area contributed by atoms with Crippen molar-refractivity contribution in [2.24, 2.45) is 0 Å². The summed E-state index contributed by atoms with van der Waals surface area (Å²) in [6, 6.07) is 9.64. The average Bonchev–Trinajstić information content (AvgIpc) is 2.55. The number of ether oxygens (including phenoxy) is 1. The SMILES string of the molecule is Cc1ccc(C)c(OCNC(=O)NC(=O)c2ccc(N)cc2)c1C. The van der Waals surface area contributed by atoms with E-state index in [0.717, 1.165) is 22.4 Å². The number of carbonyl (C=O) groups excluding carboxylic acids is 2. The maximum atomic E-state index is 11.9. The number of hydrogen-bond donors (Lipinski definition) is 3. The Hall–Kier alpha value is -3.02. The molecule has 3 amide bonds. The smallest absolute Gasteiger partial charge is 0.324 e. The first kappa shape index (κ1) is 17.3. The molecule has 0 heterocycles. The van der Waals surface area contributed by atoms with Crippen LogP contribution in [0.15, 0.2) is 36.4 Å². The molecule has 0 aliphatic heterocycles. The number of urea groups is 1. The third-order valence-electron chi connectivity index (χ3n) is 3.72. The molecule has 0 aliphatic rings. The molecule has 0 radical (unpaired) electrons. The van der Waals surface area contributed by atoms with Crippen molar-refractivity contribution >= 4 is 17.6 Å². The molecule has 0 aromatic heterocycles. The van der Waals surface area contributed by atoms with Gasteiger partial charge in [0.25, 0.3) is 5.91 Å². The van der Waals surface area contributed by atoms with E-state index in [1.54, 1.807) is 24.3 Å². The zero-order chi connectivity index (χ0) is 17.7. The lowest BCUT2D eigenvalue weighted by atomic mass is 10.1. The lowest BCUT2D eigenvalue weighted by Gasteiger charge is -2.14. The van der Waals surface area contributed by atoms with Crippen LogP contribution in [0.5, 0.6) is 5.75 Å². The van der Waals surface area contributed by atoms with Crippen molar-refractivity contribution in [3.63, 3.8) is 0 Å². The summed E-state index contributed by atoms with van der Waals surface area (Å²) in [5, 5.41) is 4.73. The van der Waals surface area contributed by atoms with Gasteiger partial charge in [0, 0.05) is 11.3 Å². The summed E-state index contributed by atoms with van der Waals surface area (Å²) in [7, 11) is 0. The van der Waals surface area contributed by atoms with E-state index in [9.17, 15) is 9.59 Å². The number of hydrogen-bond acceptors (Lipinski definition) is 4. The van der Waals surface area contributed by atoms with Gasteiger partial charge in [0.05, 0.1) is 0 Å². The summed E-state index contributed by atoms with van der Waals surface area (Å²) in [6.07, 6.45) is 0. The van der Waals surface area contributed by atoms with Crippen LogP contribution in [0.4, 0.5) is 10.5 Å². The molecule has 0 spiro atoms. The highest BCUT2D eigenvalue weighted by Gasteiger charge is 2.11. The molecule has 2 aromatic rings. The number of rotatable bonds is 4. The van der Waals surface area contributed by atoms with Crippen LogP contribution >= 0.6 is 0 Å². The first-order chi connectivity index (χ1) is 11.4. The highest BCUT2D eigenvalue weighted by Crippen LogP contribution is 2.25. The first-order valence-electron chi connectivity index (χ1n) is 7.53. The summed E-state index contributed by atoms with van der Waals surface area (Å²) in [6.45, 7) is 5.86. The number of nitrogens with one attached hydrogen (secondary N) is 2. The van der Waals surface area contributed by atoms with Gasteiger partial charge < -0.3 is 15.8 Å². The number of anilines is 1.